The number of carbonyl (C=O) groups is 1. The third kappa shape index (κ3) is 4.99. The first-order valence-electron chi connectivity index (χ1n) is 10.7. The zero-order chi connectivity index (χ0) is 20.4. The van der Waals surface area contributed by atoms with E-state index in [1.807, 2.05) is 19.2 Å². The van der Waals surface area contributed by atoms with Gasteiger partial charge in [-0.15, -0.1) is 0 Å². The van der Waals surface area contributed by atoms with E-state index in [-0.39, 0.29) is 11.5 Å². The molecule has 1 aromatic carbocycles. The summed E-state index contributed by atoms with van der Waals surface area (Å²) in [5.41, 5.74) is 3.47. The first-order chi connectivity index (χ1) is 13.9. The summed E-state index contributed by atoms with van der Waals surface area (Å²) in [6, 6.07) is 8.45. The normalized spacial score (nSPS) is 19.0. The van der Waals surface area contributed by atoms with Gasteiger partial charge in [0.1, 0.15) is 17.9 Å². The van der Waals surface area contributed by atoms with Crippen LogP contribution in [0.5, 0.6) is 5.75 Å². The molecule has 1 saturated heterocycles. The Bertz CT molecular complexity index is 866. The third-order valence-corrected chi connectivity index (χ3v) is 5.94. The number of amides is 1. The molecule has 29 heavy (non-hydrogen) atoms. The summed E-state index contributed by atoms with van der Waals surface area (Å²) in [6.45, 7) is 10.4. The van der Waals surface area contributed by atoms with Gasteiger partial charge in [0.05, 0.1) is 5.69 Å². The van der Waals surface area contributed by atoms with Gasteiger partial charge in [0.25, 0.3) is 0 Å². The van der Waals surface area contributed by atoms with E-state index in [1.165, 1.54) is 11.1 Å². The van der Waals surface area contributed by atoms with Gasteiger partial charge in [-0.2, -0.15) is 5.10 Å². The molecule has 1 fully saturated rings. The Balaban J connectivity index is 1.22. The van der Waals surface area contributed by atoms with Crippen LogP contribution < -0.4 is 10.1 Å². The summed E-state index contributed by atoms with van der Waals surface area (Å²) in [6.07, 6.45) is 5.06. The lowest BCUT2D eigenvalue weighted by Gasteiger charge is -2.32. The minimum absolute atomic E-state index is 0.0372. The predicted molar refractivity (Wildman–Crippen MR) is 113 cm³/mol. The van der Waals surface area contributed by atoms with E-state index in [0.29, 0.717) is 12.5 Å². The van der Waals surface area contributed by atoms with E-state index in [2.05, 4.69) is 47.4 Å². The largest absolute Gasteiger partial charge is 0.487 e. The molecular formula is C23H32N4O2. The fourth-order valence-corrected chi connectivity index (χ4v) is 4.41. The minimum Gasteiger partial charge on any atom is -0.487 e. The molecule has 3 heterocycles. The first kappa shape index (κ1) is 20.0. The second-order valence-electron chi connectivity index (χ2n) is 9.12. The van der Waals surface area contributed by atoms with Gasteiger partial charge in [-0.05, 0) is 64.3 Å². The summed E-state index contributed by atoms with van der Waals surface area (Å²) in [5, 5.41) is 7.35. The van der Waals surface area contributed by atoms with Crippen LogP contribution in [0, 0.1) is 12.8 Å². The molecule has 6 nitrogen and oxygen atoms in total. The van der Waals surface area contributed by atoms with Crippen LogP contribution in [0.15, 0.2) is 30.5 Å². The Labute approximate surface area is 173 Å². The van der Waals surface area contributed by atoms with Crippen molar-refractivity contribution in [3.63, 3.8) is 0 Å². The van der Waals surface area contributed by atoms with Crippen LogP contribution >= 0.6 is 0 Å². The Morgan fingerprint density at radius 1 is 1.28 bits per heavy atom. The second-order valence-corrected chi connectivity index (χ2v) is 9.12. The van der Waals surface area contributed by atoms with Gasteiger partial charge in [0.2, 0.25) is 5.91 Å². The first-order valence-corrected chi connectivity index (χ1v) is 10.7. The van der Waals surface area contributed by atoms with Crippen LogP contribution in [0.4, 0.5) is 0 Å². The van der Waals surface area contributed by atoms with Crippen molar-refractivity contribution in [2.24, 2.45) is 5.92 Å². The van der Waals surface area contributed by atoms with E-state index in [0.717, 1.165) is 56.9 Å². The lowest BCUT2D eigenvalue weighted by atomic mass is 9.96. The van der Waals surface area contributed by atoms with Gasteiger partial charge in [0.15, 0.2) is 0 Å². The van der Waals surface area contributed by atoms with Gasteiger partial charge >= 0.3 is 0 Å². The molecule has 0 aliphatic carbocycles. The summed E-state index contributed by atoms with van der Waals surface area (Å²) in [4.78, 5) is 14.6. The second kappa shape index (κ2) is 8.19. The molecule has 1 aromatic heterocycles. The predicted octanol–water partition coefficient (Wildman–Crippen LogP) is 2.93. The van der Waals surface area contributed by atoms with Crippen molar-refractivity contribution in [3.05, 3.63) is 47.3 Å². The standard InChI is InChI=1S/C23H32N4O2/c1-17-7-12-27(25-17)16-21(28)24-14-18-8-10-26(11-9-18)15-20-6-4-5-19-13-23(2,3)29-22(19)20/h4-7,12,18H,8-11,13-16H2,1-3H3,(H,24,28). The maximum atomic E-state index is 12.1. The lowest BCUT2D eigenvalue weighted by molar-refractivity contribution is -0.122. The van der Waals surface area contributed by atoms with Gasteiger partial charge in [-0.25, -0.2) is 0 Å². The molecule has 6 heteroatoms. The molecular weight excluding hydrogens is 364 g/mol. The molecule has 1 N–H and O–H groups in total. The number of fused-ring (bicyclic) bond motifs is 1. The number of ether oxygens (including phenoxy) is 1. The van der Waals surface area contributed by atoms with Crippen molar-refractivity contribution in [2.45, 2.75) is 58.7 Å². The monoisotopic (exact) mass is 396 g/mol. The number of likely N-dealkylation sites (tertiary alicyclic amines) is 1. The van der Waals surface area contributed by atoms with Crippen LogP contribution in [0.3, 0.4) is 0 Å². The van der Waals surface area contributed by atoms with Crippen molar-refractivity contribution in [1.82, 2.24) is 20.0 Å². The number of nitrogens with zero attached hydrogens (tertiary/aromatic N) is 3. The molecule has 1 amide bonds. The highest BCUT2D eigenvalue weighted by Crippen LogP contribution is 2.38. The molecule has 0 radical (unpaired) electrons. The van der Waals surface area contributed by atoms with Gasteiger partial charge in [-0.1, -0.05) is 18.2 Å². The average Bonchev–Trinajstić information content (AvgIpc) is 3.22. The average molecular weight is 397 g/mol. The van der Waals surface area contributed by atoms with E-state index >= 15 is 0 Å². The fourth-order valence-electron chi connectivity index (χ4n) is 4.41. The topological polar surface area (TPSA) is 59.4 Å². The summed E-state index contributed by atoms with van der Waals surface area (Å²) >= 11 is 0. The van der Waals surface area contributed by atoms with E-state index in [1.54, 1.807) is 4.68 Å². The van der Waals surface area contributed by atoms with Crippen LogP contribution in [0.25, 0.3) is 0 Å². The van der Waals surface area contributed by atoms with E-state index in [9.17, 15) is 4.79 Å². The Morgan fingerprint density at radius 3 is 2.79 bits per heavy atom. The van der Waals surface area contributed by atoms with Gasteiger partial charge < -0.3 is 10.1 Å². The lowest BCUT2D eigenvalue weighted by Crippen LogP contribution is -2.39. The Hall–Kier alpha value is -2.34. The number of para-hydroxylation sites is 1. The molecule has 0 unspecified atom stereocenters. The Morgan fingerprint density at radius 2 is 2.07 bits per heavy atom. The number of benzene rings is 1. The van der Waals surface area contributed by atoms with Crippen molar-refractivity contribution < 1.29 is 9.53 Å². The van der Waals surface area contributed by atoms with Crippen LogP contribution in [-0.4, -0.2) is 45.8 Å². The molecule has 4 rings (SSSR count). The van der Waals surface area contributed by atoms with Crippen molar-refractivity contribution in [3.8, 4) is 5.75 Å². The van der Waals surface area contributed by atoms with E-state index < -0.39 is 0 Å². The molecule has 0 bridgehead atoms. The molecule has 0 atom stereocenters. The van der Waals surface area contributed by atoms with Crippen LogP contribution in [-0.2, 0) is 24.3 Å². The molecule has 156 valence electrons. The number of aromatic nitrogens is 2. The highest BCUT2D eigenvalue weighted by atomic mass is 16.5. The molecule has 2 aliphatic rings. The van der Waals surface area contributed by atoms with Gasteiger partial charge in [0, 0.05) is 31.3 Å². The van der Waals surface area contributed by atoms with Crippen molar-refractivity contribution in [1.29, 1.82) is 0 Å². The number of aryl methyl sites for hydroxylation is 1. The quantitative estimate of drug-likeness (QED) is 0.816. The third-order valence-electron chi connectivity index (χ3n) is 5.94. The number of hydrogen-bond donors (Lipinski definition) is 1. The zero-order valence-corrected chi connectivity index (χ0v) is 17.8. The fraction of sp³-hybridized carbons (Fsp3) is 0.565. The van der Waals surface area contributed by atoms with Gasteiger partial charge in [-0.3, -0.25) is 14.4 Å². The molecule has 2 aromatic rings. The van der Waals surface area contributed by atoms with Crippen molar-refractivity contribution >= 4 is 5.91 Å². The van der Waals surface area contributed by atoms with E-state index in [4.69, 9.17) is 4.74 Å². The van der Waals surface area contributed by atoms with Crippen LogP contribution in [0.1, 0.15) is 43.5 Å². The summed E-state index contributed by atoms with van der Waals surface area (Å²) in [7, 11) is 0. The summed E-state index contributed by atoms with van der Waals surface area (Å²) in [5.74, 6) is 1.68. The number of hydrogen-bond acceptors (Lipinski definition) is 4. The Kier molecular flexibility index (Phi) is 5.63. The SMILES string of the molecule is Cc1ccn(CC(=O)NCC2CCN(Cc3cccc4c3OC(C)(C)C4)CC2)n1. The minimum atomic E-state index is -0.0987. The number of nitrogens with one attached hydrogen (secondary N) is 1. The number of carbonyl (C=O) groups excluding carboxylic acids is 1. The van der Waals surface area contributed by atoms with Crippen LogP contribution in [0.2, 0.25) is 0 Å². The molecule has 2 aliphatic heterocycles. The number of rotatable bonds is 6. The highest BCUT2D eigenvalue weighted by molar-refractivity contribution is 5.75. The maximum Gasteiger partial charge on any atom is 0.241 e. The molecule has 0 spiro atoms. The number of piperidine rings is 1. The van der Waals surface area contributed by atoms with Crippen molar-refractivity contribution in [2.75, 3.05) is 19.6 Å². The zero-order valence-electron chi connectivity index (χ0n) is 17.8. The summed E-state index contributed by atoms with van der Waals surface area (Å²) < 4.78 is 7.91. The molecule has 0 saturated carbocycles. The smallest absolute Gasteiger partial charge is 0.241 e. The maximum absolute atomic E-state index is 12.1. The highest BCUT2D eigenvalue weighted by Gasteiger charge is 2.32.